The third kappa shape index (κ3) is 2.79. The average Bonchev–Trinajstić information content (AvgIpc) is 2.71. The predicted molar refractivity (Wildman–Crippen MR) is 104 cm³/mol. The van der Waals surface area contributed by atoms with E-state index in [2.05, 4.69) is 15.9 Å². The van der Waals surface area contributed by atoms with Crippen molar-refractivity contribution in [2.45, 2.75) is 38.5 Å². The van der Waals surface area contributed by atoms with Gasteiger partial charge in [-0.3, -0.25) is 13.9 Å². The van der Waals surface area contributed by atoms with E-state index in [0.29, 0.717) is 11.0 Å². The number of nitrogens with zero attached hydrogens (tertiary/aromatic N) is 5. The number of pyridine rings is 1. The molecule has 2 aromatic rings. The van der Waals surface area contributed by atoms with Crippen molar-refractivity contribution in [1.82, 2.24) is 14.1 Å². The van der Waals surface area contributed by atoms with Crippen molar-refractivity contribution >= 4 is 22.5 Å². The first kappa shape index (κ1) is 17.1. The highest BCUT2D eigenvalue weighted by Gasteiger charge is 2.23. The highest BCUT2D eigenvalue weighted by Crippen LogP contribution is 2.30. The molecular weight excluding hydrogens is 330 g/mol. The van der Waals surface area contributed by atoms with Crippen molar-refractivity contribution in [2.75, 3.05) is 36.0 Å². The summed E-state index contributed by atoms with van der Waals surface area (Å²) in [5, 5.41) is 0.567. The first-order valence-electron chi connectivity index (χ1n) is 9.68. The largest absolute Gasteiger partial charge is 0.371 e. The zero-order valence-corrected chi connectivity index (χ0v) is 15.7. The molecule has 2 saturated heterocycles. The lowest BCUT2D eigenvalue weighted by atomic mass is 10.1. The standard InChI is InChI=1S/C19H27N5O2/c1-21-17-16(18(25)22(2)19(21)26)14(23-9-5-3-6-10-23)13-15(20-17)24-11-7-4-8-12-24/h13H,3-12H2,1-2H3. The molecule has 2 fully saturated rings. The summed E-state index contributed by atoms with van der Waals surface area (Å²) in [6.45, 7) is 3.86. The van der Waals surface area contributed by atoms with Crippen LogP contribution in [0.2, 0.25) is 0 Å². The van der Waals surface area contributed by atoms with Gasteiger partial charge in [0.25, 0.3) is 5.56 Å². The number of aryl methyl sites for hydroxylation is 1. The fourth-order valence-corrected chi connectivity index (χ4v) is 4.19. The fourth-order valence-electron chi connectivity index (χ4n) is 4.19. The minimum atomic E-state index is -0.324. The summed E-state index contributed by atoms with van der Waals surface area (Å²) in [5.41, 5.74) is 0.866. The summed E-state index contributed by atoms with van der Waals surface area (Å²) in [7, 11) is 3.25. The molecule has 2 aliphatic rings. The average molecular weight is 357 g/mol. The summed E-state index contributed by atoms with van der Waals surface area (Å²) in [6, 6.07) is 2.07. The van der Waals surface area contributed by atoms with Gasteiger partial charge in [-0.1, -0.05) is 0 Å². The molecule has 7 nitrogen and oxygen atoms in total. The van der Waals surface area contributed by atoms with E-state index in [1.807, 2.05) is 0 Å². The monoisotopic (exact) mass is 357 g/mol. The van der Waals surface area contributed by atoms with Gasteiger partial charge < -0.3 is 9.80 Å². The van der Waals surface area contributed by atoms with E-state index in [1.165, 1.54) is 22.0 Å². The molecule has 140 valence electrons. The molecule has 2 aromatic heterocycles. The quantitative estimate of drug-likeness (QED) is 0.817. The number of fused-ring (bicyclic) bond motifs is 1. The highest BCUT2D eigenvalue weighted by atomic mass is 16.2. The van der Waals surface area contributed by atoms with Crippen LogP contribution in [0.4, 0.5) is 11.5 Å². The zero-order valence-electron chi connectivity index (χ0n) is 15.7. The van der Waals surface area contributed by atoms with Crippen molar-refractivity contribution in [2.24, 2.45) is 14.1 Å². The van der Waals surface area contributed by atoms with Gasteiger partial charge in [-0.05, 0) is 38.5 Å². The van der Waals surface area contributed by atoms with Crippen LogP contribution in [-0.4, -0.2) is 40.3 Å². The van der Waals surface area contributed by atoms with Crippen LogP contribution >= 0.6 is 0 Å². The Kier molecular flexibility index (Phi) is 4.46. The maximum Gasteiger partial charge on any atom is 0.332 e. The van der Waals surface area contributed by atoms with E-state index < -0.39 is 0 Å². The lowest BCUT2D eigenvalue weighted by Gasteiger charge is -2.32. The van der Waals surface area contributed by atoms with Gasteiger partial charge >= 0.3 is 5.69 Å². The zero-order chi connectivity index (χ0) is 18.3. The highest BCUT2D eigenvalue weighted by molar-refractivity contribution is 5.91. The van der Waals surface area contributed by atoms with Gasteiger partial charge in [-0.25, -0.2) is 9.78 Å². The Morgan fingerprint density at radius 1 is 0.808 bits per heavy atom. The van der Waals surface area contributed by atoms with Crippen LogP contribution in [0.15, 0.2) is 15.7 Å². The van der Waals surface area contributed by atoms with Crippen molar-refractivity contribution < 1.29 is 0 Å². The Bertz CT molecular complexity index is 934. The first-order chi connectivity index (χ1) is 12.6. The topological polar surface area (TPSA) is 63.4 Å². The summed E-state index contributed by atoms with van der Waals surface area (Å²) in [5.74, 6) is 0.890. The maximum atomic E-state index is 12.9. The molecule has 7 heteroatoms. The lowest BCUT2D eigenvalue weighted by Crippen LogP contribution is -2.39. The molecule has 0 N–H and O–H groups in total. The van der Waals surface area contributed by atoms with E-state index in [0.717, 1.165) is 63.4 Å². The van der Waals surface area contributed by atoms with Crippen molar-refractivity contribution in [3.8, 4) is 0 Å². The molecular formula is C19H27N5O2. The minimum Gasteiger partial charge on any atom is -0.371 e. The molecule has 2 aliphatic heterocycles. The summed E-state index contributed by atoms with van der Waals surface area (Å²) < 4.78 is 2.70. The Hall–Kier alpha value is -2.31. The SMILES string of the molecule is Cn1c(=O)c2c(N3CCCCC3)cc(N3CCCCC3)nc2n(C)c1=O. The van der Waals surface area contributed by atoms with Crippen LogP contribution in [0.25, 0.3) is 11.0 Å². The van der Waals surface area contributed by atoms with Gasteiger partial charge in [0.15, 0.2) is 5.65 Å². The second-order valence-corrected chi connectivity index (χ2v) is 7.50. The molecule has 0 amide bonds. The molecule has 0 unspecified atom stereocenters. The number of piperidine rings is 2. The van der Waals surface area contributed by atoms with Crippen LogP contribution in [0.1, 0.15) is 38.5 Å². The normalized spacial score (nSPS) is 18.5. The van der Waals surface area contributed by atoms with E-state index in [1.54, 1.807) is 14.1 Å². The third-order valence-corrected chi connectivity index (χ3v) is 5.75. The van der Waals surface area contributed by atoms with Gasteiger partial charge in [0, 0.05) is 46.3 Å². The van der Waals surface area contributed by atoms with Gasteiger partial charge in [0.1, 0.15) is 11.2 Å². The van der Waals surface area contributed by atoms with Crippen LogP contribution in [0, 0.1) is 0 Å². The molecule has 0 aromatic carbocycles. The lowest BCUT2D eigenvalue weighted by molar-refractivity contribution is 0.570. The Labute approximate surface area is 152 Å². The molecule has 26 heavy (non-hydrogen) atoms. The third-order valence-electron chi connectivity index (χ3n) is 5.75. The molecule has 0 spiro atoms. The first-order valence-corrected chi connectivity index (χ1v) is 9.68. The minimum absolute atomic E-state index is 0.249. The van der Waals surface area contributed by atoms with Crippen molar-refractivity contribution in [1.29, 1.82) is 0 Å². The van der Waals surface area contributed by atoms with Crippen LogP contribution < -0.4 is 21.0 Å². The van der Waals surface area contributed by atoms with Gasteiger partial charge in [0.05, 0.1) is 5.69 Å². The molecule has 0 bridgehead atoms. The fraction of sp³-hybridized carbons (Fsp3) is 0.632. The van der Waals surface area contributed by atoms with Crippen LogP contribution in [0.5, 0.6) is 0 Å². The van der Waals surface area contributed by atoms with Crippen molar-refractivity contribution in [3.05, 3.63) is 26.9 Å². The second kappa shape index (κ2) is 6.78. The molecule has 0 radical (unpaired) electrons. The summed E-state index contributed by atoms with van der Waals surface area (Å²) >= 11 is 0. The van der Waals surface area contributed by atoms with Crippen LogP contribution in [0.3, 0.4) is 0 Å². The summed E-state index contributed by atoms with van der Waals surface area (Å²) in [6.07, 6.45) is 7.07. The Balaban J connectivity index is 1.98. The maximum absolute atomic E-state index is 12.9. The number of aromatic nitrogens is 3. The van der Waals surface area contributed by atoms with E-state index in [4.69, 9.17) is 4.98 Å². The Morgan fingerprint density at radius 3 is 2.00 bits per heavy atom. The predicted octanol–water partition coefficient (Wildman–Crippen LogP) is 1.61. The Morgan fingerprint density at radius 2 is 1.38 bits per heavy atom. The van der Waals surface area contributed by atoms with Gasteiger partial charge in [0.2, 0.25) is 0 Å². The molecule has 4 rings (SSSR count). The smallest absolute Gasteiger partial charge is 0.332 e. The number of anilines is 2. The second-order valence-electron chi connectivity index (χ2n) is 7.50. The van der Waals surface area contributed by atoms with E-state index in [-0.39, 0.29) is 11.2 Å². The molecule has 0 aliphatic carbocycles. The van der Waals surface area contributed by atoms with Crippen LogP contribution in [-0.2, 0) is 14.1 Å². The van der Waals surface area contributed by atoms with E-state index >= 15 is 0 Å². The van der Waals surface area contributed by atoms with Gasteiger partial charge in [-0.15, -0.1) is 0 Å². The molecule has 4 heterocycles. The number of hydrogen-bond donors (Lipinski definition) is 0. The summed E-state index contributed by atoms with van der Waals surface area (Å²) in [4.78, 5) is 34.7. The van der Waals surface area contributed by atoms with E-state index in [9.17, 15) is 9.59 Å². The molecule has 0 atom stereocenters. The molecule has 0 saturated carbocycles. The number of rotatable bonds is 2. The van der Waals surface area contributed by atoms with Gasteiger partial charge in [-0.2, -0.15) is 0 Å². The number of hydrogen-bond acceptors (Lipinski definition) is 5. The van der Waals surface area contributed by atoms with Crippen molar-refractivity contribution in [3.63, 3.8) is 0 Å².